The lowest BCUT2D eigenvalue weighted by atomic mass is 9.80. The van der Waals surface area contributed by atoms with Gasteiger partial charge in [0.05, 0.1) is 24.7 Å². The lowest BCUT2D eigenvalue weighted by Crippen LogP contribution is -2.15. The van der Waals surface area contributed by atoms with Gasteiger partial charge in [0.1, 0.15) is 0 Å². The molecule has 0 amide bonds. The van der Waals surface area contributed by atoms with E-state index in [1.807, 2.05) is 42.5 Å². The van der Waals surface area contributed by atoms with Crippen molar-refractivity contribution in [3.05, 3.63) is 144 Å². The third-order valence-corrected chi connectivity index (χ3v) is 9.73. The van der Waals surface area contributed by atoms with Gasteiger partial charge in [-0.25, -0.2) is 4.98 Å². The summed E-state index contributed by atoms with van der Waals surface area (Å²) < 4.78 is 148. The second-order valence-corrected chi connectivity index (χ2v) is 12.3. The molecule has 0 aliphatic heterocycles. The van der Waals surface area contributed by atoms with Crippen LogP contribution in [0.4, 0.5) is 0 Å². The average Bonchev–Trinajstić information content (AvgIpc) is 3.93. The third kappa shape index (κ3) is 3.72. The summed E-state index contributed by atoms with van der Waals surface area (Å²) in [6.45, 7) is -7.33. The molecule has 5 heteroatoms. The maximum atomic E-state index is 9.68. The quantitative estimate of drug-likeness (QED) is 0.194. The number of hydrogen-bond acceptors (Lipinski definition) is 4. The van der Waals surface area contributed by atoms with Crippen LogP contribution >= 0.6 is 11.3 Å². The second kappa shape index (κ2) is 9.68. The topological polar surface area (TPSA) is 43.6 Å². The summed E-state index contributed by atoms with van der Waals surface area (Å²) in [5.41, 5.74) is -5.83. The van der Waals surface area contributed by atoms with E-state index in [1.54, 1.807) is 41.7 Å². The summed E-state index contributed by atoms with van der Waals surface area (Å²) in [6.07, 6.45) is 0. The number of fused-ring (bicyclic) bond motifs is 10. The van der Waals surface area contributed by atoms with Crippen LogP contribution in [0, 0.1) is 0 Å². The minimum atomic E-state index is -3.66. The van der Waals surface area contributed by atoms with Crippen LogP contribution in [-0.4, -0.2) is 19.5 Å². The Balaban J connectivity index is 1.47. The first-order valence-electron chi connectivity index (χ1n) is 22.7. The summed E-state index contributed by atoms with van der Waals surface area (Å²) in [7, 11) is 0. The van der Waals surface area contributed by atoms with E-state index in [0.29, 0.717) is 11.1 Å². The van der Waals surface area contributed by atoms with Crippen molar-refractivity contribution in [3.63, 3.8) is 0 Å². The molecule has 0 saturated carbocycles. The van der Waals surface area contributed by atoms with Crippen molar-refractivity contribution in [2.24, 2.45) is 0 Å². The molecule has 0 unspecified atom stereocenters. The molecule has 47 heavy (non-hydrogen) atoms. The standard InChI is InChI=1S/C42H28N4S/c1-42(2)31-19-9-6-15-26(31)27-23-24-33-37(38(27)42)28-16-7-10-20-32(28)46(33)41-44-39(25-13-4-3-5-14-25)43-40(45-41)30-18-12-22-35-36(30)29-17-8-11-21-34(29)47-35/h3-24H,1-2H3/i1D3,2D3,6D,7D,9D,10D,15D,16D,19D,20D,23D,24D. The van der Waals surface area contributed by atoms with E-state index in [1.165, 1.54) is 0 Å². The van der Waals surface area contributed by atoms with Crippen molar-refractivity contribution >= 4 is 53.3 Å². The monoisotopic (exact) mass is 636 g/mol. The fourth-order valence-electron chi connectivity index (χ4n) is 6.60. The Morgan fingerprint density at radius 3 is 2.32 bits per heavy atom. The largest absolute Gasteiger partial charge is 0.278 e. The Hall–Kier alpha value is -5.65. The first-order chi connectivity index (χ1) is 29.7. The van der Waals surface area contributed by atoms with E-state index >= 15 is 0 Å². The number of aromatic nitrogens is 4. The molecular weight excluding hydrogens is 593 g/mol. The predicted molar refractivity (Wildman–Crippen MR) is 195 cm³/mol. The SMILES string of the molecule is [2H]c1c([2H])c([2H])c2c(c1[2H])-c1c([2H])c([2H])c3c(c1C2(C([2H])([2H])[2H])C([2H])([2H])[2H])c1c([2H])c([2H])c([2H])c([2H])c1n3-c1nc(-c2ccccc2)nc(-c2cccc3sc4ccccc4c23)n1. The number of hydrogen-bond donors (Lipinski definition) is 0. The smallest absolute Gasteiger partial charge is 0.238 e. The van der Waals surface area contributed by atoms with Crippen LogP contribution in [0.25, 0.3) is 81.8 Å². The number of nitrogens with zero attached hydrogens (tertiary/aromatic N) is 4. The Morgan fingerprint density at radius 2 is 1.40 bits per heavy atom. The van der Waals surface area contributed by atoms with Crippen molar-refractivity contribution in [2.75, 3.05) is 0 Å². The van der Waals surface area contributed by atoms with Crippen LogP contribution in [0.5, 0.6) is 0 Å². The molecule has 0 saturated heterocycles. The van der Waals surface area contributed by atoms with Gasteiger partial charge in [-0.05, 0) is 46.5 Å². The van der Waals surface area contributed by atoms with Crippen molar-refractivity contribution in [1.82, 2.24) is 19.5 Å². The molecule has 9 aromatic rings. The zero-order valence-electron chi connectivity index (χ0n) is 40.1. The van der Waals surface area contributed by atoms with Crippen molar-refractivity contribution in [3.8, 4) is 39.9 Å². The summed E-state index contributed by atoms with van der Waals surface area (Å²) in [4.78, 5) is 14.7. The molecule has 0 N–H and O–H groups in total. The van der Waals surface area contributed by atoms with Gasteiger partial charge in [-0.15, -0.1) is 11.3 Å². The molecule has 1 aliphatic carbocycles. The molecule has 0 spiro atoms. The second-order valence-electron chi connectivity index (χ2n) is 11.2. The minimum Gasteiger partial charge on any atom is -0.278 e. The van der Waals surface area contributed by atoms with Crippen LogP contribution in [0.1, 0.15) is 46.8 Å². The summed E-state index contributed by atoms with van der Waals surface area (Å²) in [5, 5.41) is 0.798. The van der Waals surface area contributed by atoms with E-state index in [2.05, 4.69) is 0 Å². The maximum Gasteiger partial charge on any atom is 0.238 e. The highest BCUT2D eigenvalue weighted by Gasteiger charge is 2.38. The Bertz CT molecular complexity index is 3490. The van der Waals surface area contributed by atoms with Gasteiger partial charge in [0.25, 0.3) is 0 Å². The molecule has 3 heterocycles. The van der Waals surface area contributed by atoms with Crippen LogP contribution in [0.2, 0.25) is 0 Å². The maximum absolute atomic E-state index is 9.68. The lowest BCUT2D eigenvalue weighted by Gasteiger charge is -2.22. The first-order valence-corrected chi connectivity index (χ1v) is 15.5. The van der Waals surface area contributed by atoms with Gasteiger partial charge in [0.2, 0.25) is 5.95 Å². The highest BCUT2D eigenvalue weighted by atomic mass is 32.1. The van der Waals surface area contributed by atoms with Gasteiger partial charge in [0, 0.05) is 55.7 Å². The number of thiophene rings is 1. The van der Waals surface area contributed by atoms with Crippen LogP contribution in [-0.2, 0) is 5.41 Å². The van der Waals surface area contributed by atoms with Gasteiger partial charge >= 0.3 is 0 Å². The fraction of sp³-hybridized carbons (Fsp3) is 0.0714. The van der Waals surface area contributed by atoms with Crippen LogP contribution in [0.15, 0.2) is 133 Å². The molecule has 0 fully saturated rings. The van der Waals surface area contributed by atoms with E-state index in [9.17, 15) is 5.48 Å². The first kappa shape index (κ1) is 15.3. The van der Waals surface area contributed by atoms with Gasteiger partial charge < -0.3 is 0 Å². The van der Waals surface area contributed by atoms with E-state index in [0.717, 1.165) is 24.7 Å². The molecule has 0 bridgehead atoms. The molecule has 3 aromatic heterocycles. The third-order valence-electron chi connectivity index (χ3n) is 8.59. The minimum absolute atomic E-state index is 0.0946. The van der Waals surface area contributed by atoms with Gasteiger partial charge in [-0.1, -0.05) is 123 Å². The predicted octanol–water partition coefficient (Wildman–Crippen LogP) is 11.0. The average molecular weight is 637 g/mol. The van der Waals surface area contributed by atoms with Crippen molar-refractivity contribution < 1.29 is 21.9 Å². The normalized spacial score (nSPS) is 18.9. The summed E-state index contributed by atoms with van der Waals surface area (Å²) in [6, 6.07) is 14.0. The zero-order chi connectivity index (χ0) is 45.0. The van der Waals surface area contributed by atoms with Crippen molar-refractivity contribution in [1.29, 1.82) is 0 Å². The molecule has 222 valence electrons. The zero-order valence-corrected chi connectivity index (χ0v) is 24.9. The van der Waals surface area contributed by atoms with Gasteiger partial charge in [0.15, 0.2) is 11.6 Å². The molecule has 4 nitrogen and oxygen atoms in total. The molecule has 6 aromatic carbocycles. The molecular formula is C42H28N4S. The van der Waals surface area contributed by atoms with Crippen LogP contribution < -0.4 is 0 Å². The summed E-state index contributed by atoms with van der Waals surface area (Å²) in [5.74, 6) is -0.114. The van der Waals surface area contributed by atoms with Crippen LogP contribution in [0.3, 0.4) is 0 Å². The van der Waals surface area contributed by atoms with Gasteiger partial charge in [-0.2, -0.15) is 9.97 Å². The highest BCUT2D eigenvalue weighted by Crippen LogP contribution is 2.53. The Morgan fingerprint density at radius 1 is 0.617 bits per heavy atom. The number of para-hydroxylation sites is 1. The lowest BCUT2D eigenvalue weighted by molar-refractivity contribution is 0.666. The van der Waals surface area contributed by atoms with Gasteiger partial charge in [-0.3, -0.25) is 4.57 Å². The van der Waals surface area contributed by atoms with Crippen molar-refractivity contribution in [2.45, 2.75) is 19.1 Å². The van der Waals surface area contributed by atoms with E-state index in [4.69, 9.17) is 31.4 Å². The Kier molecular flexibility index (Phi) is 3.15. The highest BCUT2D eigenvalue weighted by molar-refractivity contribution is 7.25. The number of rotatable bonds is 3. The fourth-order valence-corrected chi connectivity index (χ4v) is 7.73. The molecule has 0 radical (unpaired) electrons. The Labute approximate surface area is 298 Å². The molecule has 0 atom stereocenters. The van der Waals surface area contributed by atoms with E-state index in [-0.39, 0.29) is 23.1 Å². The van der Waals surface area contributed by atoms with E-state index < -0.39 is 118 Å². The molecule has 10 rings (SSSR count). The molecule has 1 aliphatic rings. The summed E-state index contributed by atoms with van der Waals surface area (Å²) >= 11 is 1.55. The number of benzene rings is 6.